The van der Waals surface area contributed by atoms with Crippen molar-refractivity contribution in [2.45, 2.75) is 6.42 Å². The summed E-state index contributed by atoms with van der Waals surface area (Å²) >= 11 is 13.4. The lowest BCUT2D eigenvalue weighted by Gasteiger charge is -2.15. The maximum absolute atomic E-state index is 5.86. The minimum Gasteiger partial charge on any atom is -0.315 e. The highest BCUT2D eigenvalue weighted by Crippen LogP contribution is 2.31. The molecule has 0 radical (unpaired) electrons. The molecule has 0 bridgehead atoms. The first-order valence-corrected chi connectivity index (χ1v) is 5.69. The van der Waals surface area contributed by atoms with Crippen LogP contribution in [0.5, 0.6) is 0 Å². The number of pyridine rings is 1. The molecular weight excluding hydrogens is 227 g/mol. The highest BCUT2D eigenvalue weighted by Gasteiger charge is 2.14. The molecule has 0 saturated carbocycles. The van der Waals surface area contributed by atoms with Crippen LogP contribution in [-0.2, 0) is 0 Å². The summed E-state index contributed by atoms with van der Waals surface area (Å²) in [5.74, 6) is 1.17. The van der Waals surface area contributed by atoms with Crippen molar-refractivity contribution in [3.63, 3.8) is 0 Å². The molecule has 1 aliphatic heterocycles. The number of hydrogen-bond donors (Lipinski definition) is 0. The summed E-state index contributed by atoms with van der Waals surface area (Å²) in [4.78, 5) is 4.00. The van der Waals surface area contributed by atoms with Gasteiger partial charge in [-0.25, -0.2) is 4.98 Å². The Morgan fingerprint density at radius 2 is 2.31 bits per heavy atom. The highest BCUT2D eigenvalue weighted by molar-refractivity contribution is 8.00. The van der Waals surface area contributed by atoms with Crippen LogP contribution in [0.15, 0.2) is 12.3 Å². The topological polar surface area (TPSA) is 16.1 Å². The molecule has 0 atom stereocenters. The fourth-order valence-electron chi connectivity index (χ4n) is 1.20. The van der Waals surface area contributed by atoms with E-state index >= 15 is 0 Å². The normalized spacial score (nSPS) is 16.6. The van der Waals surface area contributed by atoms with Gasteiger partial charge >= 0.3 is 0 Å². The molecule has 0 aliphatic carbocycles. The molecule has 5 heteroatoms. The molecule has 0 aromatic carbocycles. The van der Waals surface area contributed by atoms with E-state index in [1.807, 2.05) is 6.07 Å². The molecule has 70 valence electrons. The molecule has 0 unspecified atom stereocenters. The van der Waals surface area contributed by atoms with E-state index in [-0.39, 0.29) is 0 Å². The Morgan fingerprint density at radius 3 is 2.92 bits per heavy atom. The predicted octanol–water partition coefficient (Wildman–Crippen LogP) is 3.25. The Morgan fingerprint density at radius 1 is 1.46 bits per heavy atom. The summed E-state index contributed by atoms with van der Waals surface area (Å²) in [5.41, 5.74) is 1.04. The van der Waals surface area contributed by atoms with Crippen molar-refractivity contribution in [1.29, 1.82) is 0 Å². The lowest BCUT2D eigenvalue weighted by Crippen LogP contribution is -2.08. The van der Waals surface area contributed by atoms with E-state index in [1.165, 1.54) is 12.2 Å². The second kappa shape index (κ2) is 3.95. The van der Waals surface area contributed by atoms with Crippen LogP contribution < -0.4 is 4.31 Å². The van der Waals surface area contributed by atoms with Gasteiger partial charge in [-0.3, -0.25) is 0 Å². The minimum atomic E-state index is 0.370. The van der Waals surface area contributed by atoms with E-state index in [0.29, 0.717) is 10.2 Å². The van der Waals surface area contributed by atoms with Crippen LogP contribution in [0, 0.1) is 0 Å². The van der Waals surface area contributed by atoms with Crippen molar-refractivity contribution in [1.82, 2.24) is 4.98 Å². The average Bonchev–Trinajstić information content (AvgIpc) is 2.62. The zero-order valence-electron chi connectivity index (χ0n) is 6.83. The molecule has 1 aromatic heterocycles. The monoisotopic (exact) mass is 234 g/mol. The number of halogens is 2. The van der Waals surface area contributed by atoms with Crippen LogP contribution in [0.4, 0.5) is 5.69 Å². The Balaban J connectivity index is 2.25. The van der Waals surface area contributed by atoms with Crippen LogP contribution in [0.3, 0.4) is 0 Å². The van der Waals surface area contributed by atoms with Crippen LogP contribution in [-0.4, -0.2) is 17.3 Å². The van der Waals surface area contributed by atoms with Gasteiger partial charge in [0.2, 0.25) is 0 Å². The molecule has 1 aromatic rings. The van der Waals surface area contributed by atoms with E-state index in [4.69, 9.17) is 23.2 Å². The first-order chi connectivity index (χ1) is 6.27. The molecule has 0 spiro atoms. The smallest absolute Gasteiger partial charge is 0.147 e. The fourth-order valence-corrected chi connectivity index (χ4v) is 2.45. The second-order valence-electron chi connectivity index (χ2n) is 2.76. The summed E-state index contributed by atoms with van der Waals surface area (Å²) in [6.07, 6.45) is 2.97. The number of hydrogen-bond acceptors (Lipinski definition) is 3. The van der Waals surface area contributed by atoms with Crippen molar-refractivity contribution in [3.05, 3.63) is 22.4 Å². The third-order valence-corrected chi connectivity index (χ3v) is 3.68. The van der Waals surface area contributed by atoms with Crippen LogP contribution in [0.25, 0.3) is 0 Å². The van der Waals surface area contributed by atoms with E-state index in [1.54, 1.807) is 18.1 Å². The summed E-state index contributed by atoms with van der Waals surface area (Å²) < 4.78 is 2.19. The minimum absolute atomic E-state index is 0.370. The zero-order chi connectivity index (χ0) is 9.26. The summed E-state index contributed by atoms with van der Waals surface area (Å²) in [6.45, 7) is 1.06. The third-order valence-electron chi connectivity index (χ3n) is 1.82. The van der Waals surface area contributed by atoms with Gasteiger partial charge in [-0.2, -0.15) is 0 Å². The van der Waals surface area contributed by atoms with E-state index < -0.39 is 0 Å². The molecule has 0 amide bonds. The molecular formula is C8H8Cl2N2S. The van der Waals surface area contributed by atoms with Crippen LogP contribution >= 0.6 is 35.1 Å². The summed E-state index contributed by atoms with van der Waals surface area (Å²) in [6, 6.07) is 1.86. The fraction of sp³-hybridized carbons (Fsp3) is 0.375. The Kier molecular flexibility index (Phi) is 2.86. The second-order valence-corrected chi connectivity index (χ2v) is 4.63. The molecule has 0 N–H and O–H groups in total. The maximum atomic E-state index is 5.86. The number of nitrogens with zero attached hydrogens (tertiary/aromatic N) is 2. The van der Waals surface area contributed by atoms with Gasteiger partial charge in [0.25, 0.3) is 0 Å². The molecule has 1 aliphatic rings. The van der Waals surface area contributed by atoms with E-state index in [2.05, 4.69) is 9.29 Å². The molecule has 2 rings (SSSR count). The van der Waals surface area contributed by atoms with Crippen molar-refractivity contribution >= 4 is 40.8 Å². The highest BCUT2D eigenvalue weighted by atomic mass is 35.5. The first kappa shape index (κ1) is 9.44. The van der Waals surface area contributed by atoms with Crippen molar-refractivity contribution in [2.75, 3.05) is 16.6 Å². The predicted molar refractivity (Wildman–Crippen MR) is 58.7 cm³/mol. The van der Waals surface area contributed by atoms with Gasteiger partial charge in [-0.05, 0) is 24.4 Å². The van der Waals surface area contributed by atoms with Gasteiger partial charge in [0.05, 0.1) is 16.9 Å². The summed E-state index contributed by atoms with van der Waals surface area (Å²) in [7, 11) is 0. The summed E-state index contributed by atoms with van der Waals surface area (Å²) in [5, 5.41) is 0.890. The van der Waals surface area contributed by atoms with Gasteiger partial charge in [0.1, 0.15) is 5.15 Å². The Hall–Kier alpha value is -0.120. The number of anilines is 1. The SMILES string of the molecule is Clc1cc(N2CCCS2)cnc1Cl. The Labute approximate surface area is 91.4 Å². The molecule has 1 saturated heterocycles. The van der Waals surface area contributed by atoms with Crippen molar-refractivity contribution in [3.8, 4) is 0 Å². The zero-order valence-corrected chi connectivity index (χ0v) is 9.16. The molecule has 1 fully saturated rings. The molecule has 2 nitrogen and oxygen atoms in total. The molecule has 13 heavy (non-hydrogen) atoms. The van der Waals surface area contributed by atoms with Gasteiger partial charge in [0.15, 0.2) is 0 Å². The van der Waals surface area contributed by atoms with E-state index in [9.17, 15) is 0 Å². The van der Waals surface area contributed by atoms with Gasteiger partial charge in [-0.1, -0.05) is 23.2 Å². The number of rotatable bonds is 1. The standard InChI is InChI=1S/C8H8Cl2N2S/c9-7-4-6(5-11-8(7)10)12-2-1-3-13-12/h4-5H,1-3H2. The Bertz CT molecular complexity index is 313. The largest absolute Gasteiger partial charge is 0.315 e. The molecule has 2 heterocycles. The van der Waals surface area contributed by atoms with Crippen LogP contribution in [0.1, 0.15) is 6.42 Å². The van der Waals surface area contributed by atoms with Crippen molar-refractivity contribution in [2.24, 2.45) is 0 Å². The maximum Gasteiger partial charge on any atom is 0.147 e. The number of aromatic nitrogens is 1. The van der Waals surface area contributed by atoms with Gasteiger partial charge in [-0.15, -0.1) is 0 Å². The quantitative estimate of drug-likeness (QED) is 0.549. The van der Waals surface area contributed by atoms with Gasteiger partial charge < -0.3 is 4.31 Å². The van der Waals surface area contributed by atoms with Crippen molar-refractivity contribution < 1.29 is 0 Å². The van der Waals surface area contributed by atoms with E-state index in [0.717, 1.165) is 12.2 Å². The third kappa shape index (κ3) is 2.03. The average molecular weight is 235 g/mol. The lowest BCUT2D eigenvalue weighted by molar-refractivity contribution is 0.986. The lowest BCUT2D eigenvalue weighted by atomic mass is 10.4. The van der Waals surface area contributed by atoms with Crippen LogP contribution in [0.2, 0.25) is 10.2 Å². The van der Waals surface area contributed by atoms with Gasteiger partial charge in [0, 0.05) is 12.3 Å². The first-order valence-electron chi connectivity index (χ1n) is 3.99.